The van der Waals surface area contributed by atoms with Crippen molar-refractivity contribution in [2.45, 2.75) is 72.6 Å². The number of hydrogen-bond donors (Lipinski definition) is 1. The van der Waals surface area contributed by atoms with E-state index in [1.165, 1.54) is 6.20 Å². The van der Waals surface area contributed by atoms with Gasteiger partial charge in [-0.25, -0.2) is 9.78 Å². The summed E-state index contributed by atoms with van der Waals surface area (Å²) in [5.41, 5.74) is 0.607. The molecule has 0 aliphatic carbocycles. The summed E-state index contributed by atoms with van der Waals surface area (Å²) in [5, 5.41) is 2.81. The van der Waals surface area contributed by atoms with Crippen molar-refractivity contribution < 1.29 is 19.1 Å². The number of carbonyl (C=O) groups excluding carboxylic acids is 3. The number of ketones is 2. The van der Waals surface area contributed by atoms with Crippen LogP contribution in [0.15, 0.2) is 12.3 Å². The van der Waals surface area contributed by atoms with E-state index in [2.05, 4.69) is 24.1 Å². The van der Waals surface area contributed by atoms with Gasteiger partial charge in [-0.3, -0.25) is 14.9 Å². The summed E-state index contributed by atoms with van der Waals surface area (Å²) in [7, 11) is 0. The smallest absolute Gasteiger partial charge is 0.323 e. The second-order valence-corrected chi connectivity index (χ2v) is 9.50. The number of epoxide rings is 1. The summed E-state index contributed by atoms with van der Waals surface area (Å²) >= 11 is 0. The van der Waals surface area contributed by atoms with Gasteiger partial charge in [0, 0.05) is 35.7 Å². The lowest BCUT2D eigenvalue weighted by Gasteiger charge is -2.29. The number of amides is 2. The molecule has 0 bridgehead atoms. The van der Waals surface area contributed by atoms with E-state index >= 15 is 0 Å². The molecule has 164 valence electrons. The van der Waals surface area contributed by atoms with Gasteiger partial charge in [0.25, 0.3) is 0 Å². The van der Waals surface area contributed by atoms with Gasteiger partial charge in [0.05, 0.1) is 12.6 Å². The number of hydrogen-bond acceptors (Lipinski definition) is 5. The average molecular weight is 416 g/mol. The molecular weight excluding hydrogens is 382 g/mol. The van der Waals surface area contributed by atoms with Crippen molar-refractivity contribution >= 4 is 23.4 Å². The number of nitrogens with zero attached hydrogens (tertiary/aromatic N) is 2. The Balaban J connectivity index is 1.66. The Bertz CT molecular complexity index is 851. The van der Waals surface area contributed by atoms with Crippen LogP contribution in [0.4, 0.5) is 10.6 Å². The van der Waals surface area contributed by atoms with Gasteiger partial charge in [-0.2, -0.15) is 0 Å². The Labute approximate surface area is 178 Å². The highest BCUT2D eigenvalue weighted by molar-refractivity contribution is 5.99. The van der Waals surface area contributed by atoms with Crippen molar-refractivity contribution in [3.63, 3.8) is 0 Å². The van der Waals surface area contributed by atoms with Gasteiger partial charge in [0.2, 0.25) is 0 Å². The number of urea groups is 1. The third-order valence-corrected chi connectivity index (χ3v) is 6.07. The van der Waals surface area contributed by atoms with E-state index in [0.717, 1.165) is 12.0 Å². The van der Waals surface area contributed by atoms with Crippen molar-refractivity contribution in [1.82, 2.24) is 9.88 Å². The molecule has 3 unspecified atom stereocenters. The maximum Gasteiger partial charge on any atom is 0.323 e. The van der Waals surface area contributed by atoms with Crippen molar-refractivity contribution in [3.05, 3.63) is 23.4 Å². The molecule has 3 atom stereocenters. The second kappa shape index (κ2) is 8.46. The summed E-state index contributed by atoms with van der Waals surface area (Å²) in [6.07, 6.45) is 2.72. The SMILES string of the molecule is CC(C)CCN1Cc2cc(C(=O)C(C)CC3OC3(C)C(=O)C(C)C)cnc2NC1=O. The molecule has 7 heteroatoms. The molecular formula is C23H33N3O4. The fraction of sp³-hybridized carbons (Fsp3) is 0.652. The monoisotopic (exact) mass is 415 g/mol. The van der Waals surface area contributed by atoms with E-state index in [1.807, 2.05) is 33.8 Å². The second-order valence-electron chi connectivity index (χ2n) is 9.50. The average Bonchev–Trinajstić information content (AvgIpc) is 3.34. The normalized spacial score (nSPS) is 23.9. The largest absolute Gasteiger partial charge is 0.358 e. The molecule has 1 saturated heterocycles. The molecule has 7 nitrogen and oxygen atoms in total. The highest BCUT2D eigenvalue weighted by Crippen LogP contribution is 2.43. The minimum absolute atomic E-state index is 0.0224. The summed E-state index contributed by atoms with van der Waals surface area (Å²) in [4.78, 5) is 43.6. The first-order chi connectivity index (χ1) is 14.0. The standard InChI is InChI=1S/C23H33N3O4/c1-13(2)7-8-26-12-17-10-16(11-24-21(17)25-22(26)29)19(27)15(5)9-18-23(6,30-18)20(28)14(3)4/h10-11,13-15,18H,7-9,12H2,1-6H3,(H,24,25,29). The van der Waals surface area contributed by atoms with E-state index in [-0.39, 0.29) is 35.5 Å². The first kappa shape index (κ1) is 22.4. The van der Waals surface area contributed by atoms with Gasteiger partial charge in [0.15, 0.2) is 17.2 Å². The maximum absolute atomic E-state index is 13.0. The van der Waals surface area contributed by atoms with Crippen LogP contribution in [-0.2, 0) is 16.1 Å². The fourth-order valence-electron chi connectivity index (χ4n) is 3.97. The highest BCUT2D eigenvalue weighted by Gasteiger charge is 2.58. The molecule has 3 rings (SSSR count). The third kappa shape index (κ3) is 4.56. The molecule has 0 aromatic carbocycles. The molecule has 0 spiro atoms. The number of aromatic nitrogens is 1. The lowest BCUT2D eigenvalue weighted by atomic mass is 9.87. The first-order valence-electron chi connectivity index (χ1n) is 10.8. The third-order valence-electron chi connectivity index (χ3n) is 6.07. The Morgan fingerprint density at radius 3 is 2.63 bits per heavy atom. The Hall–Kier alpha value is -2.28. The van der Waals surface area contributed by atoms with Crippen LogP contribution in [0.2, 0.25) is 0 Å². The van der Waals surface area contributed by atoms with E-state index in [9.17, 15) is 14.4 Å². The molecule has 2 amide bonds. The first-order valence-corrected chi connectivity index (χ1v) is 10.8. The van der Waals surface area contributed by atoms with Gasteiger partial charge < -0.3 is 9.64 Å². The van der Waals surface area contributed by atoms with Crippen LogP contribution in [0.5, 0.6) is 0 Å². The van der Waals surface area contributed by atoms with Crippen LogP contribution in [0, 0.1) is 17.8 Å². The summed E-state index contributed by atoms with van der Waals surface area (Å²) < 4.78 is 5.68. The zero-order valence-electron chi connectivity index (χ0n) is 18.8. The topological polar surface area (TPSA) is 91.9 Å². The van der Waals surface area contributed by atoms with Crippen LogP contribution in [0.25, 0.3) is 0 Å². The van der Waals surface area contributed by atoms with Gasteiger partial charge >= 0.3 is 6.03 Å². The molecule has 2 aliphatic heterocycles. The maximum atomic E-state index is 13.0. The minimum Gasteiger partial charge on any atom is -0.358 e. The summed E-state index contributed by atoms with van der Waals surface area (Å²) in [6.45, 7) is 12.8. The predicted molar refractivity (Wildman–Crippen MR) is 114 cm³/mol. The number of nitrogens with one attached hydrogen (secondary N) is 1. The van der Waals surface area contributed by atoms with Gasteiger partial charge in [0.1, 0.15) is 5.82 Å². The van der Waals surface area contributed by atoms with Crippen LogP contribution in [0.1, 0.15) is 70.3 Å². The molecule has 0 radical (unpaired) electrons. The molecule has 1 fully saturated rings. The number of rotatable bonds is 9. The fourth-order valence-corrected chi connectivity index (χ4v) is 3.97. The lowest BCUT2D eigenvalue weighted by molar-refractivity contribution is -0.126. The Morgan fingerprint density at radius 1 is 1.30 bits per heavy atom. The summed E-state index contributed by atoms with van der Waals surface area (Å²) in [6, 6.07) is 1.68. The molecule has 30 heavy (non-hydrogen) atoms. The Morgan fingerprint density at radius 2 is 2.00 bits per heavy atom. The van der Waals surface area contributed by atoms with E-state index in [1.54, 1.807) is 4.90 Å². The number of pyridine rings is 1. The molecule has 0 saturated carbocycles. The van der Waals surface area contributed by atoms with Crippen molar-refractivity contribution in [1.29, 1.82) is 0 Å². The number of fused-ring (bicyclic) bond motifs is 1. The number of ether oxygens (including phenoxy) is 1. The van der Waals surface area contributed by atoms with Gasteiger partial charge in [-0.05, 0) is 31.7 Å². The number of carbonyl (C=O) groups is 3. The van der Waals surface area contributed by atoms with Crippen molar-refractivity contribution in [3.8, 4) is 0 Å². The molecule has 1 N–H and O–H groups in total. The molecule has 2 aliphatic rings. The van der Waals surface area contributed by atoms with E-state index in [0.29, 0.717) is 36.8 Å². The van der Waals surface area contributed by atoms with Crippen LogP contribution in [-0.4, -0.2) is 45.7 Å². The quantitative estimate of drug-likeness (QED) is 0.485. The van der Waals surface area contributed by atoms with Crippen LogP contribution >= 0.6 is 0 Å². The predicted octanol–water partition coefficient (Wildman–Crippen LogP) is 4.07. The van der Waals surface area contributed by atoms with Gasteiger partial charge in [-0.15, -0.1) is 0 Å². The number of Topliss-reactive ketones (excluding diaryl/α,β-unsaturated/α-hetero) is 2. The van der Waals surface area contributed by atoms with Crippen LogP contribution < -0.4 is 5.32 Å². The zero-order valence-corrected chi connectivity index (χ0v) is 18.8. The van der Waals surface area contributed by atoms with E-state index in [4.69, 9.17) is 4.74 Å². The van der Waals surface area contributed by atoms with Crippen LogP contribution in [0.3, 0.4) is 0 Å². The van der Waals surface area contributed by atoms with Crippen molar-refractivity contribution in [2.24, 2.45) is 17.8 Å². The number of anilines is 1. The Kier molecular flexibility index (Phi) is 6.32. The molecule has 1 aromatic rings. The van der Waals surface area contributed by atoms with Crippen molar-refractivity contribution in [2.75, 3.05) is 11.9 Å². The highest BCUT2D eigenvalue weighted by atomic mass is 16.6. The zero-order chi connectivity index (χ0) is 22.2. The molecule has 3 heterocycles. The summed E-state index contributed by atoms with van der Waals surface area (Å²) in [5.74, 6) is 0.705. The molecule has 1 aromatic heterocycles. The van der Waals surface area contributed by atoms with Gasteiger partial charge in [-0.1, -0.05) is 34.6 Å². The van der Waals surface area contributed by atoms with E-state index < -0.39 is 5.60 Å². The minimum atomic E-state index is -0.766. The lowest BCUT2D eigenvalue weighted by Crippen LogP contribution is -2.40.